The van der Waals surface area contributed by atoms with Crippen LogP contribution in [0.4, 0.5) is 5.69 Å². The van der Waals surface area contributed by atoms with E-state index in [-0.39, 0.29) is 35.9 Å². The predicted octanol–water partition coefficient (Wildman–Crippen LogP) is 9.54. The molecule has 4 aromatic carbocycles. The van der Waals surface area contributed by atoms with Crippen molar-refractivity contribution >= 4 is 44.5 Å². The molecule has 248 valence electrons. The van der Waals surface area contributed by atoms with Crippen LogP contribution in [0, 0.1) is 5.41 Å². The van der Waals surface area contributed by atoms with Crippen molar-refractivity contribution in [2.45, 2.75) is 52.4 Å². The van der Waals surface area contributed by atoms with Crippen molar-refractivity contribution in [2.24, 2.45) is 5.41 Å². The van der Waals surface area contributed by atoms with E-state index < -0.39 is 21.8 Å². The molecule has 0 radical (unpaired) electrons. The number of nitrogens with one attached hydrogen (secondary N) is 1. The van der Waals surface area contributed by atoms with E-state index in [1.165, 1.54) is 0 Å². The highest BCUT2D eigenvalue weighted by Crippen LogP contribution is 2.35. The van der Waals surface area contributed by atoms with Crippen molar-refractivity contribution in [1.82, 2.24) is 0 Å². The molecule has 1 heterocycles. The van der Waals surface area contributed by atoms with Crippen LogP contribution >= 0.6 is 0 Å². The van der Waals surface area contributed by atoms with Crippen LogP contribution in [0.15, 0.2) is 114 Å². The number of rotatable bonds is 12. The number of hydrogen-bond donors (Lipinski definition) is 2. The molecule has 2 N–H and O–H groups in total. The summed E-state index contributed by atoms with van der Waals surface area (Å²) >= 11 is 0. The van der Waals surface area contributed by atoms with Crippen LogP contribution in [0.5, 0.6) is 0 Å². The van der Waals surface area contributed by atoms with Crippen LogP contribution < -0.4 is 5.32 Å². The molecule has 0 spiro atoms. The number of para-hydroxylation sites is 1. The molecule has 1 aromatic heterocycles. The minimum absolute atomic E-state index is 0.00482. The second kappa shape index (κ2) is 14.5. The van der Waals surface area contributed by atoms with Crippen LogP contribution in [0.2, 0.25) is 0 Å². The molecule has 2 unspecified atom stereocenters. The van der Waals surface area contributed by atoms with Gasteiger partial charge in [0.15, 0.2) is 5.78 Å². The van der Waals surface area contributed by atoms with Crippen molar-refractivity contribution < 1.29 is 27.0 Å². The summed E-state index contributed by atoms with van der Waals surface area (Å²) in [7, 11) is -4.12. The van der Waals surface area contributed by atoms with Gasteiger partial charge in [0.1, 0.15) is 11.3 Å². The molecule has 0 aliphatic carbocycles. The Hall–Kier alpha value is -4.79. The molecule has 1 amide bonds. The number of Topliss-reactive ketones (excluding diaryl/α,β-unsaturated/α-hetero) is 1. The van der Waals surface area contributed by atoms with E-state index in [1.54, 1.807) is 12.1 Å². The molecule has 0 bridgehead atoms. The van der Waals surface area contributed by atoms with E-state index in [1.807, 2.05) is 97.9 Å². The summed E-state index contributed by atoms with van der Waals surface area (Å²) in [5.74, 6) is -0.879. The molecule has 0 saturated heterocycles. The maximum Gasteiger partial charge on any atom is 0.264 e. The zero-order valence-corrected chi connectivity index (χ0v) is 28.5. The van der Waals surface area contributed by atoms with Crippen LogP contribution in [0.1, 0.15) is 79.4 Å². The number of carbonyl (C=O) groups excluding carboxylic acids is 2. The number of ketones is 1. The fraction of sp³-hybridized carbons (Fsp3) is 0.250. The van der Waals surface area contributed by atoms with Crippen LogP contribution in [-0.4, -0.2) is 30.4 Å². The molecule has 5 aromatic rings. The second-order valence-corrected chi connectivity index (χ2v) is 14.9. The number of carbonyl (C=O) groups is 2. The maximum absolute atomic E-state index is 14.0. The summed E-state index contributed by atoms with van der Waals surface area (Å²) in [5.41, 5.74) is 5.64. The topological polar surface area (TPSA) is 114 Å². The van der Waals surface area contributed by atoms with Gasteiger partial charge in [-0.05, 0) is 70.8 Å². The monoisotopic (exact) mass is 663 g/mol. The smallest absolute Gasteiger partial charge is 0.264 e. The summed E-state index contributed by atoms with van der Waals surface area (Å²) in [4.78, 5) is 26.7. The largest absolute Gasteiger partial charge is 0.456 e. The standard InChI is InChI=1S/C40H41NO6S/c1-27(29-15-17-30(18-16-29)35(42)9-7-25-48(44,45)46)38(32-13-11-28(12-14-32)23-24-40(2,3)4)39(43)41-34-21-19-31(20-22-34)37-26-33-8-5-6-10-36(33)47-37/h5-6,8,10-24,26-27,38H,7,9,25H2,1-4H3,(H,41,43)(H,44,45,46)/b24-23+. The van der Waals surface area contributed by atoms with Gasteiger partial charge >= 0.3 is 0 Å². The van der Waals surface area contributed by atoms with Gasteiger partial charge < -0.3 is 9.73 Å². The number of benzene rings is 4. The SMILES string of the molecule is CC(c1ccc(C(=O)CCCS(=O)(=O)O)cc1)C(C(=O)Nc1ccc(-c2cc3ccccc3o2)cc1)c1ccc(/C=C/C(C)(C)C)cc1. The average molecular weight is 664 g/mol. The first-order valence-corrected chi connectivity index (χ1v) is 17.6. The molecule has 8 heteroatoms. The number of fused-ring (bicyclic) bond motifs is 1. The van der Waals surface area contributed by atoms with E-state index in [2.05, 4.69) is 38.2 Å². The number of hydrogen-bond acceptors (Lipinski definition) is 5. The zero-order chi connectivity index (χ0) is 34.5. The third kappa shape index (κ3) is 9.18. The predicted molar refractivity (Wildman–Crippen MR) is 193 cm³/mol. The molecule has 2 atom stereocenters. The van der Waals surface area contributed by atoms with E-state index in [4.69, 9.17) is 8.97 Å². The van der Waals surface area contributed by atoms with E-state index >= 15 is 0 Å². The van der Waals surface area contributed by atoms with Gasteiger partial charge in [-0.25, -0.2) is 0 Å². The lowest BCUT2D eigenvalue weighted by atomic mass is 9.81. The molecular formula is C40H41NO6S. The normalized spacial score (nSPS) is 13.4. The minimum Gasteiger partial charge on any atom is -0.456 e. The third-order valence-corrected chi connectivity index (χ3v) is 9.09. The van der Waals surface area contributed by atoms with Crippen molar-refractivity contribution in [3.8, 4) is 11.3 Å². The van der Waals surface area contributed by atoms with Crippen LogP contribution in [0.3, 0.4) is 0 Å². The van der Waals surface area contributed by atoms with Crippen molar-refractivity contribution in [1.29, 1.82) is 0 Å². The molecule has 5 rings (SSSR count). The Morgan fingerprint density at radius 1 is 0.875 bits per heavy atom. The highest BCUT2D eigenvalue weighted by Gasteiger charge is 2.28. The van der Waals surface area contributed by atoms with Gasteiger partial charge in [-0.15, -0.1) is 0 Å². The van der Waals surface area contributed by atoms with Crippen molar-refractivity contribution in [3.63, 3.8) is 0 Å². The summed E-state index contributed by atoms with van der Waals surface area (Å²) < 4.78 is 37.0. The fourth-order valence-corrected chi connectivity index (χ4v) is 6.12. The molecule has 0 saturated carbocycles. The fourth-order valence-electron chi connectivity index (χ4n) is 5.61. The van der Waals surface area contributed by atoms with E-state index in [0.29, 0.717) is 11.3 Å². The summed E-state index contributed by atoms with van der Waals surface area (Å²) in [6, 6.07) is 32.5. The molecule has 48 heavy (non-hydrogen) atoms. The first-order valence-electron chi connectivity index (χ1n) is 16.0. The first kappa shape index (κ1) is 34.5. The van der Waals surface area contributed by atoms with Gasteiger partial charge in [0.2, 0.25) is 5.91 Å². The summed E-state index contributed by atoms with van der Waals surface area (Å²) in [5, 5.41) is 4.14. The molecule has 0 aliphatic heterocycles. The van der Waals surface area contributed by atoms with Gasteiger partial charge in [0, 0.05) is 28.6 Å². The summed E-state index contributed by atoms with van der Waals surface area (Å²) in [6.07, 6.45) is 4.27. The number of allylic oxidation sites excluding steroid dienone is 1. The van der Waals surface area contributed by atoms with Gasteiger partial charge in [0.05, 0.1) is 11.7 Å². The lowest BCUT2D eigenvalue weighted by Gasteiger charge is -2.25. The molecule has 7 nitrogen and oxygen atoms in total. The number of furan rings is 1. The van der Waals surface area contributed by atoms with Gasteiger partial charge in [-0.2, -0.15) is 8.42 Å². The first-order chi connectivity index (χ1) is 22.8. The Labute approximate surface area is 282 Å². The molecule has 0 fully saturated rings. The van der Waals surface area contributed by atoms with Crippen molar-refractivity contribution in [2.75, 3.05) is 11.1 Å². The summed E-state index contributed by atoms with van der Waals surface area (Å²) in [6.45, 7) is 8.41. The van der Waals surface area contributed by atoms with E-state index in [9.17, 15) is 18.0 Å². The Kier molecular flexibility index (Phi) is 10.5. The quantitative estimate of drug-likeness (QED) is 0.102. The lowest BCUT2D eigenvalue weighted by Crippen LogP contribution is -2.25. The van der Waals surface area contributed by atoms with Gasteiger partial charge in [-0.1, -0.05) is 107 Å². The Balaban J connectivity index is 1.37. The Bertz CT molecular complexity index is 1980. The number of anilines is 1. The maximum atomic E-state index is 14.0. The van der Waals surface area contributed by atoms with Crippen LogP contribution in [-0.2, 0) is 14.9 Å². The Morgan fingerprint density at radius 3 is 2.15 bits per heavy atom. The highest BCUT2D eigenvalue weighted by atomic mass is 32.2. The zero-order valence-electron chi connectivity index (χ0n) is 27.6. The van der Waals surface area contributed by atoms with Gasteiger partial charge in [0.25, 0.3) is 10.1 Å². The highest BCUT2D eigenvalue weighted by molar-refractivity contribution is 7.85. The van der Waals surface area contributed by atoms with E-state index in [0.717, 1.165) is 39.0 Å². The second-order valence-electron chi connectivity index (χ2n) is 13.3. The average Bonchev–Trinajstić information content (AvgIpc) is 3.48. The molecule has 0 aliphatic rings. The van der Waals surface area contributed by atoms with Gasteiger partial charge in [-0.3, -0.25) is 14.1 Å². The van der Waals surface area contributed by atoms with Crippen molar-refractivity contribution in [3.05, 3.63) is 131 Å². The Morgan fingerprint density at radius 2 is 1.52 bits per heavy atom. The number of amides is 1. The lowest BCUT2D eigenvalue weighted by molar-refractivity contribution is -0.118. The third-order valence-electron chi connectivity index (χ3n) is 8.28. The van der Waals surface area contributed by atoms with Crippen LogP contribution in [0.25, 0.3) is 28.4 Å². The molecular weight excluding hydrogens is 623 g/mol. The minimum atomic E-state index is -4.12.